The molecule has 0 radical (unpaired) electrons. The molecule has 6 heteroatoms. The number of fused-ring (bicyclic) bond motifs is 1. The Bertz CT molecular complexity index is 895. The third-order valence-corrected chi connectivity index (χ3v) is 4.36. The van der Waals surface area contributed by atoms with Gasteiger partial charge in [-0.15, -0.1) is 0 Å². The van der Waals surface area contributed by atoms with E-state index in [1.54, 1.807) is 12.1 Å². The highest BCUT2D eigenvalue weighted by Gasteiger charge is 2.09. The van der Waals surface area contributed by atoms with Crippen molar-refractivity contribution >= 4 is 52.2 Å². The first-order valence-electron chi connectivity index (χ1n) is 8.01. The van der Waals surface area contributed by atoms with Crippen molar-refractivity contribution < 1.29 is 0 Å². The van der Waals surface area contributed by atoms with Crippen LogP contribution in [0, 0.1) is 0 Å². The molecule has 3 aromatic rings. The molecule has 1 aromatic heterocycles. The van der Waals surface area contributed by atoms with Crippen LogP contribution >= 0.6 is 23.2 Å². The zero-order valence-corrected chi connectivity index (χ0v) is 15.1. The SMILES string of the molecule is NCCCNc1nc2cc(Cl)c(Cl)cc2nc1/C=C/c1ccccc1. The topological polar surface area (TPSA) is 63.8 Å². The van der Waals surface area contributed by atoms with Gasteiger partial charge in [0.25, 0.3) is 0 Å². The van der Waals surface area contributed by atoms with Gasteiger partial charge in [-0.25, -0.2) is 9.97 Å². The van der Waals surface area contributed by atoms with Gasteiger partial charge in [0.15, 0.2) is 5.82 Å². The number of benzene rings is 2. The summed E-state index contributed by atoms with van der Waals surface area (Å²) in [5, 5.41) is 4.22. The second-order valence-corrected chi connectivity index (χ2v) is 6.34. The molecule has 0 aliphatic carbocycles. The quantitative estimate of drug-likeness (QED) is 0.605. The maximum absolute atomic E-state index is 6.11. The first kappa shape index (κ1) is 17.7. The lowest BCUT2D eigenvalue weighted by molar-refractivity contribution is 0.869. The van der Waals surface area contributed by atoms with Crippen LogP contribution in [-0.4, -0.2) is 23.1 Å². The lowest BCUT2D eigenvalue weighted by Crippen LogP contribution is -2.11. The largest absolute Gasteiger partial charge is 0.368 e. The van der Waals surface area contributed by atoms with E-state index in [0.717, 1.165) is 24.2 Å². The van der Waals surface area contributed by atoms with Gasteiger partial charge in [-0.2, -0.15) is 0 Å². The Kier molecular flexibility index (Phi) is 5.87. The van der Waals surface area contributed by atoms with E-state index < -0.39 is 0 Å². The van der Waals surface area contributed by atoms with E-state index in [9.17, 15) is 0 Å². The Morgan fingerprint density at radius 1 is 0.960 bits per heavy atom. The van der Waals surface area contributed by atoms with E-state index in [-0.39, 0.29) is 0 Å². The molecule has 0 aliphatic rings. The summed E-state index contributed by atoms with van der Waals surface area (Å²) < 4.78 is 0. The summed E-state index contributed by atoms with van der Waals surface area (Å²) in [5.74, 6) is 0.700. The number of anilines is 1. The summed E-state index contributed by atoms with van der Waals surface area (Å²) in [4.78, 5) is 9.34. The molecule has 4 nitrogen and oxygen atoms in total. The minimum Gasteiger partial charge on any atom is -0.368 e. The average molecular weight is 373 g/mol. The number of nitrogens with one attached hydrogen (secondary N) is 1. The van der Waals surface area contributed by atoms with Gasteiger partial charge in [0, 0.05) is 6.54 Å². The Balaban J connectivity index is 2.01. The second-order valence-electron chi connectivity index (χ2n) is 5.53. The molecule has 3 rings (SSSR count). The first-order chi connectivity index (χ1) is 12.2. The number of nitrogens with zero attached hydrogens (tertiary/aromatic N) is 2. The molecule has 0 atom stereocenters. The van der Waals surface area contributed by atoms with Crippen molar-refractivity contribution in [2.45, 2.75) is 6.42 Å². The van der Waals surface area contributed by atoms with E-state index >= 15 is 0 Å². The summed E-state index contributed by atoms with van der Waals surface area (Å²) >= 11 is 12.2. The number of hydrogen-bond donors (Lipinski definition) is 2. The zero-order valence-electron chi connectivity index (χ0n) is 13.5. The zero-order chi connectivity index (χ0) is 17.6. The molecule has 2 aromatic carbocycles. The third-order valence-electron chi connectivity index (χ3n) is 3.64. The Morgan fingerprint density at radius 3 is 2.32 bits per heavy atom. The molecule has 0 bridgehead atoms. The van der Waals surface area contributed by atoms with Gasteiger partial charge in [-0.1, -0.05) is 59.6 Å². The first-order valence-corrected chi connectivity index (χ1v) is 8.77. The minimum absolute atomic E-state index is 0.462. The Labute approximate surface area is 156 Å². The van der Waals surface area contributed by atoms with E-state index in [1.807, 2.05) is 42.5 Å². The summed E-state index contributed by atoms with van der Waals surface area (Å²) in [5.41, 5.74) is 8.80. The number of aromatic nitrogens is 2. The second kappa shape index (κ2) is 8.30. The predicted molar refractivity (Wildman–Crippen MR) is 107 cm³/mol. The molecule has 3 N–H and O–H groups in total. The number of hydrogen-bond acceptors (Lipinski definition) is 4. The summed E-state index contributed by atoms with van der Waals surface area (Å²) in [6, 6.07) is 13.5. The van der Waals surface area contributed by atoms with Crippen molar-refractivity contribution in [1.82, 2.24) is 9.97 Å². The van der Waals surface area contributed by atoms with E-state index in [4.69, 9.17) is 28.9 Å². The highest BCUT2D eigenvalue weighted by atomic mass is 35.5. The Hall–Kier alpha value is -2.14. The molecule has 0 spiro atoms. The van der Waals surface area contributed by atoms with Crippen molar-refractivity contribution in [2.75, 3.05) is 18.4 Å². The average Bonchev–Trinajstić information content (AvgIpc) is 2.62. The van der Waals surface area contributed by atoms with Crippen molar-refractivity contribution in [3.8, 4) is 0 Å². The number of nitrogens with two attached hydrogens (primary N) is 1. The standard InChI is InChI=1S/C19H18Cl2N4/c20-14-11-17-18(12-15(14)21)25-19(23-10-4-9-22)16(24-17)8-7-13-5-2-1-3-6-13/h1-3,5-8,11-12H,4,9-10,22H2,(H,23,25)/b8-7+. The van der Waals surface area contributed by atoms with E-state index in [2.05, 4.69) is 15.3 Å². The predicted octanol–water partition coefficient (Wildman–Crippen LogP) is 4.87. The lowest BCUT2D eigenvalue weighted by atomic mass is 10.2. The molecule has 25 heavy (non-hydrogen) atoms. The van der Waals surface area contributed by atoms with Crippen LogP contribution in [0.5, 0.6) is 0 Å². The van der Waals surface area contributed by atoms with E-state index in [0.29, 0.717) is 33.4 Å². The van der Waals surface area contributed by atoms with Crippen LogP contribution in [-0.2, 0) is 0 Å². The van der Waals surface area contributed by atoms with Crippen LogP contribution in [0.2, 0.25) is 10.0 Å². The fraction of sp³-hybridized carbons (Fsp3) is 0.158. The van der Waals surface area contributed by atoms with Crippen LogP contribution in [0.25, 0.3) is 23.2 Å². The smallest absolute Gasteiger partial charge is 0.152 e. The van der Waals surface area contributed by atoms with Gasteiger partial charge in [0.05, 0.1) is 21.1 Å². The molecule has 0 unspecified atom stereocenters. The normalized spacial score (nSPS) is 11.3. The monoisotopic (exact) mass is 372 g/mol. The maximum Gasteiger partial charge on any atom is 0.152 e. The number of rotatable bonds is 6. The van der Waals surface area contributed by atoms with Crippen molar-refractivity contribution in [3.63, 3.8) is 0 Å². The molecular weight excluding hydrogens is 355 g/mol. The Morgan fingerprint density at radius 2 is 1.64 bits per heavy atom. The van der Waals surface area contributed by atoms with Gasteiger partial charge < -0.3 is 11.1 Å². The lowest BCUT2D eigenvalue weighted by Gasteiger charge is -2.10. The summed E-state index contributed by atoms with van der Waals surface area (Å²) in [7, 11) is 0. The molecule has 0 saturated carbocycles. The van der Waals surface area contributed by atoms with Crippen LogP contribution in [0.1, 0.15) is 17.7 Å². The molecule has 1 heterocycles. The molecule has 128 valence electrons. The highest BCUT2D eigenvalue weighted by Crippen LogP contribution is 2.28. The maximum atomic E-state index is 6.11. The molecule has 0 saturated heterocycles. The molecule has 0 aliphatic heterocycles. The van der Waals surface area contributed by atoms with Gasteiger partial charge >= 0.3 is 0 Å². The van der Waals surface area contributed by atoms with Crippen molar-refractivity contribution in [2.24, 2.45) is 5.73 Å². The summed E-state index contributed by atoms with van der Waals surface area (Å²) in [6.45, 7) is 1.34. The molecular formula is C19H18Cl2N4. The number of halogens is 2. The van der Waals surface area contributed by atoms with Crippen LogP contribution in [0.4, 0.5) is 5.82 Å². The van der Waals surface area contributed by atoms with Crippen LogP contribution < -0.4 is 11.1 Å². The van der Waals surface area contributed by atoms with Gasteiger partial charge in [-0.3, -0.25) is 0 Å². The van der Waals surface area contributed by atoms with Gasteiger partial charge in [0.1, 0.15) is 5.69 Å². The molecule has 0 amide bonds. The fourth-order valence-corrected chi connectivity index (χ4v) is 2.68. The van der Waals surface area contributed by atoms with Crippen molar-refractivity contribution in [1.29, 1.82) is 0 Å². The van der Waals surface area contributed by atoms with Gasteiger partial charge in [0.2, 0.25) is 0 Å². The van der Waals surface area contributed by atoms with Gasteiger partial charge in [-0.05, 0) is 36.7 Å². The minimum atomic E-state index is 0.462. The van der Waals surface area contributed by atoms with Crippen LogP contribution in [0.3, 0.4) is 0 Å². The fourth-order valence-electron chi connectivity index (χ4n) is 2.36. The highest BCUT2D eigenvalue weighted by molar-refractivity contribution is 6.42. The molecule has 0 fully saturated rings. The summed E-state index contributed by atoms with van der Waals surface area (Å²) in [6.07, 6.45) is 4.79. The van der Waals surface area contributed by atoms with Crippen molar-refractivity contribution in [3.05, 3.63) is 63.8 Å². The van der Waals surface area contributed by atoms with Crippen LogP contribution in [0.15, 0.2) is 42.5 Å². The third kappa shape index (κ3) is 4.48. The van der Waals surface area contributed by atoms with E-state index in [1.165, 1.54) is 0 Å².